The van der Waals surface area contributed by atoms with Gasteiger partial charge in [0.2, 0.25) is 5.90 Å². The molecule has 1 amide bonds. The summed E-state index contributed by atoms with van der Waals surface area (Å²) < 4.78 is 12.4. The first-order chi connectivity index (χ1) is 23.9. The molecule has 1 aliphatic rings. The average molecular weight is 695 g/mol. The molecule has 9 heteroatoms. The van der Waals surface area contributed by atoms with Crippen molar-refractivity contribution in [1.82, 2.24) is 10.9 Å². The summed E-state index contributed by atoms with van der Waals surface area (Å²) in [5.74, 6) is 0.704. The molecule has 0 fully saturated rings. The molecule has 5 aromatic carbocycles. The Kier molecular flexibility index (Phi) is 11.3. The molecule has 49 heavy (non-hydrogen) atoms. The van der Waals surface area contributed by atoms with Gasteiger partial charge in [-0.25, -0.2) is 10.4 Å². The average Bonchev–Trinajstić information content (AvgIpc) is 3.52. The van der Waals surface area contributed by atoms with Crippen LogP contribution in [0, 0.1) is 0 Å². The van der Waals surface area contributed by atoms with Gasteiger partial charge in [0, 0.05) is 41.6 Å². The van der Waals surface area contributed by atoms with Gasteiger partial charge in [0.05, 0.1) is 6.61 Å². The quantitative estimate of drug-likeness (QED) is 0.0816. The lowest BCUT2D eigenvalue weighted by atomic mass is 9.82. The molecule has 6 rings (SSSR count). The zero-order valence-corrected chi connectivity index (χ0v) is 28.3. The first-order valence-electron chi connectivity index (χ1n) is 16.2. The topological polar surface area (TPSA) is 92.2 Å². The van der Waals surface area contributed by atoms with Crippen LogP contribution in [0.2, 0.25) is 10.0 Å². The molecule has 0 saturated carbocycles. The van der Waals surface area contributed by atoms with Crippen LogP contribution in [0.15, 0.2) is 132 Å². The number of nitrogens with one attached hydrogen (secondary N) is 2. The fraction of sp³-hybridized carbons (Fsp3) is 0.200. The molecular weight excluding hydrogens is 657 g/mol. The number of hydrogen-bond acceptors (Lipinski definition) is 6. The molecule has 0 aliphatic carbocycles. The third-order valence-electron chi connectivity index (χ3n) is 8.40. The van der Waals surface area contributed by atoms with Gasteiger partial charge in [-0.1, -0.05) is 114 Å². The maximum atomic E-state index is 14.5. The van der Waals surface area contributed by atoms with Gasteiger partial charge >= 0.3 is 0 Å². The number of hydrogen-bond donors (Lipinski definition) is 3. The summed E-state index contributed by atoms with van der Waals surface area (Å²) in [5, 5.41) is 10.2. The van der Waals surface area contributed by atoms with Crippen LogP contribution in [0.4, 0.5) is 0 Å². The molecule has 3 N–H and O–H groups in total. The minimum Gasteiger partial charge on any atom is -0.494 e. The van der Waals surface area contributed by atoms with Crippen LogP contribution in [-0.2, 0) is 22.4 Å². The molecule has 0 saturated heterocycles. The molecule has 5 aromatic rings. The zero-order valence-electron chi connectivity index (χ0n) is 26.8. The fourth-order valence-corrected chi connectivity index (χ4v) is 6.35. The number of nitrogens with zero attached hydrogens (tertiary/aromatic N) is 1. The van der Waals surface area contributed by atoms with Crippen LogP contribution >= 0.6 is 23.2 Å². The van der Waals surface area contributed by atoms with Gasteiger partial charge in [-0.15, -0.1) is 0 Å². The number of aliphatic hydroxyl groups is 1. The van der Waals surface area contributed by atoms with Crippen molar-refractivity contribution in [3.8, 4) is 16.9 Å². The second-order valence-corrected chi connectivity index (χ2v) is 12.6. The van der Waals surface area contributed by atoms with E-state index in [0.717, 1.165) is 27.8 Å². The Morgan fingerprint density at radius 3 is 2.20 bits per heavy atom. The first kappa shape index (κ1) is 34.2. The van der Waals surface area contributed by atoms with E-state index < -0.39 is 11.6 Å². The molecule has 1 aliphatic heterocycles. The van der Waals surface area contributed by atoms with E-state index in [2.05, 4.69) is 23.0 Å². The van der Waals surface area contributed by atoms with Crippen molar-refractivity contribution >= 4 is 35.0 Å². The Labute approximate surface area is 296 Å². The van der Waals surface area contributed by atoms with Crippen molar-refractivity contribution in [2.45, 2.75) is 30.9 Å². The number of ether oxygens (including phenoxy) is 2. The molecule has 250 valence electrons. The molecule has 0 aromatic heterocycles. The Hall–Kier alpha value is -4.66. The largest absolute Gasteiger partial charge is 0.494 e. The predicted octanol–water partition coefficient (Wildman–Crippen LogP) is 7.78. The van der Waals surface area contributed by atoms with E-state index in [1.165, 1.54) is 0 Å². The van der Waals surface area contributed by atoms with Gasteiger partial charge in [0.15, 0.2) is 11.6 Å². The van der Waals surface area contributed by atoms with Gasteiger partial charge in [-0.05, 0) is 70.6 Å². The summed E-state index contributed by atoms with van der Waals surface area (Å²) in [5.41, 5.74) is 10.2. The van der Waals surface area contributed by atoms with Crippen LogP contribution in [0.1, 0.15) is 34.8 Å². The highest BCUT2D eigenvalue weighted by Gasteiger charge is 2.53. The Bertz CT molecular complexity index is 1870. The third kappa shape index (κ3) is 8.32. The molecule has 7 nitrogen and oxygen atoms in total. The second kappa shape index (κ2) is 16.2. The van der Waals surface area contributed by atoms with Crippen LogP contribution in [-0.4, -0.2) is 42.2 Å². The maximum absolute atomic E-state index is 14.5. The van der Waals surface area contributed by atoms with Gasteiger partial charge in [0.25, 0.3) is 5.91 Å². The molecule has 0 unspecified atom stereocenters. The Morgan fingerprint density at radius 1 is 0.837 bits per heavy atom. The molecular formula is C40H37Cl2N3O4. The number of amides is 1. The third-order valence-corrected chi connectivity index (χ3v) is 8.99. The monoisotopic (exact) mass is 693 g/mol. The van der Waals surface area contributed by atoms with Crippen LogP contribution in [0.5, 0.6) is 5.75 Å². The number of rotatable bonds is 14. The molecule has 2 atom stereocenters. The minimum absolute atomic E-state index is 0.0612. The van der Waals surface area contributed by atoms with Crippen LogP contribution < -0.4 is 15.6 Å². The smallest absolute Gasteiger partial charge is 0.266 e. The van der Waals surface area contributed by atoms with Crippen molar-refractivity contribution in [2.75, 3.05) is 19.8 Å². The van der Waals surface area contributed by atoms with Crippen molar-refractivity contribution in [3.63, 3.8) is 0 Å². The highest BCUT2D eigenvalue weighted by molar-refractivity contribution is 6.35. The van der Waals surface area contributed by atoms with Gasteiger partial charge < -0.3 is 14.6 Å². The van der Waals surface area contributed by atoms with Crippen molar-refractivity contribution in [1.29, 1.82) is 0 Å². The maximum Gasteiger partial charge on any atom is 0.266 e. The highest BCUT2D eigenvalue weighted by Crippen LogP contribution is 2.43. The summed E-state index contributed by atoms with van der Waals surface area (Å²) in [6, 6.07) is 40.9. The molecule has 0 spiro atoms. The van der Waals surface area contributed by atoms with Gasteiger partial charge in [-0.3, -0.25) is 10.2 Å². The number of hydrazine groups is 1. The zero-order chi connectivity index (χ0) is 34.1. The van der Waals surface area contributed by atoms with Crippen LogP contribution in [0.3, 0.4) is 0 Å². The lowest BCUT2D eigenvalue weighted by molar-refractivity contribution is -0.130. The van der Waals surface area contributed by atoms with E-state index in [0.29, 0.717) is 59.7 Å². The lowest BCUT2D eigenvalue weighted by Crippen LogP contribution is -2.54. The Morgan fingerprint density at radius 2 is 1.51 bits per heavy atom. The lowest BCUT2D eigenvalue weighted by Gasteiger charge is -2.31. The summed E-state index contributed by atoms with van der Waals surface area (Å²) in [6.07, 6.45) is 0.673. The SMILES string of the molecule is O=C(NNCCc1ccc(Cl)cc1Cl)[C@@]1(Cc2ccccc2)N=C(c2ccc(OCCCO)cc2)O[C@H]1c1ccc(-c2ccccc2)cc1. The van der Waals surface area contributed by atoms with E-state index in [-0.39, 0.29) is 12.5 Å². The number of halogens is 2. The standard InChI is InChI=1S/C40H37Cl2N3O4/c41-34-19-16-31(36(42)26-34)22-23-43-45-39(47)40(27-28-8-3-1-4-9-28)37(32-14-12-30(13-15-32)29-10-5-2-6-11-29)49-38(44-40)33-17-20-35(21-18-33)48-25-7-24-46/h1-6,8-21,26,37,43,46H,7,22-25,27H2,(H,45,47)/t37-,40-/m0/s1. The van der Waals surface area contributed by atoms with Crippen molar-refractivity contribution in [2.24, 2.45) is 4.99 Å². The number of carbonyl (C=O) groups is 1. The summed E-state index contributed by atoms with van der Waals surface area (Å²) in [4.78, 5) is 19.6. The molecule has 1 heterocycles. The molecule has 0 radical (unpaired) electrons. The predicted molar refractivity (Wildman–Crippen MR) is 195 cm³/mol. The minimum atomic E-state index is -1.35. The molecule has 0 bridgehead atoms. The van der Waals surface area contributed by atoms with E-state index in [4.69, 9.17) is 42.8 Å². The number of aliphatic hydroxyl groups excluding tert-OH is 1. The van der Waals surface area contributed by atoms with E-state index in [9.17, 15) is 4.79 Å². The van der Waals surface area contributed by atoms with E-state index >= 15 is 0 Å². The highest BCUT2D eigenvalue weighted by atomic mass is 35.5. The number of aliphatic imine (C=N–C) groups is 1. The summed E-state index contributed by atoms with van der Waals surface area (Å²) in [6.45, 7) is 0.901. The van der Waals surface area contributed by atoms with E-state index in [1.54, 1.807) is 12.1 Å². The normalized spacial score (nSPS) is 16.9. The van der Waals surface area contributed by atoms with Crippen molar-refractivity contribution < 1.29 is 19.4 Å². The number of benzene rings is 5. The second-order valence-electron chi connectivity index (χ2n) is 11.8. The summed E-state index contributed by atoms with van der Waals surface area (Å²) in [7, 11) is 0. The van der Waals surface area contributed by atoms with Gasteiger partial charge in [0.1, 0.15) is 5.75 Å². The van der Waals surface area contributed by atoms with Gasteiger partial charge in [-0.2, -0.15) is 0 Å². The number of carbonyl (C=O) groups excluding carboxylic acids is 1. The summed E-state index contributed by atoms with van der Waals surface area (Å²) >= 11 is 12.5. The van der Waals surface area contributed by atoms with Crippen molar-refractivity contribution in [3.05, 3.63) is 160 Å². The first-order valence-corrected chi connectivity index (χ1v) is 17.0. The fourth-order valence-electron chi connectivity index (χ4n) is 5.84. The van der Waals surface area contributed by atoms with E-state index in [1.807, 2.05) is 103 Å². The Balaban J connectivity index is 1.33. The van der Waals surface area contributed by atoms with Crippen LogP contribution in [0.25, 0.3) is 11.1 Å².